The summed E-state index contributed by atoms with van der Waals surface area (Å²) in [6.45, 7) is 2.15. The Hall–Kier alpha value is -0.570. The number of rotatable bonds is 3. The molecule has 3 heteroatoms. The first-order valence-corrected chi connectivity index (χ1v) is 6.92. The normalized spacial score (nSPS) is 17.6. The molecule has 0 unspecified atom stereocenters. The highest BCUT2D eigenvalue weighted by molar-refractivity contribution is 9.10. The number of hydrogen-bond donors (Lipinski definition) is 0. The van der Waals surface area contributed by atoms with E-state index in [1.165, 1.54) is 37.8 Å². The lowest BCUT2D eigenvalue weighted by molar-refractivity contribution is 0.111. The van der Waals surface area contributed by atoms with Crippen molar-refractivity contribution in [2.24, 2.45) is 0 Å². The van der Waals surface area contributed by atoms with Gasteiger partial charge in [0.15, 0.2) is 6.29 Å². The van der Waals surface area contributed by atoms with Crippen molar-refractivity contribution in [2.45, 2.75) is 51.5 Å². The topological polar surface area (TPSA) is 22.0 Å². The van der Waals surface area contributed by atoms with Gasteiger partial charge in [0.2, 0.25) is 0 Å². The van der Waals surface area contributed by atoms with E-state index in [4.69, 9.17) is 0 Å². The summed E-state index contributed by atoms with van der Waals surface area (Å²) in [4.78, 5) is 11.1. The summed E-state index contributed by atoms with van der Waals surface area (Å²) in [7, 11) is 0. The van der Waals surface area contributed by atoms with Crippen molar-refractivity contribution in [1.29, 1.82) is 0 Å². The molecule has 88 valence electrons. The van der Waals surface area contributed by atoms with Crippen molar-refractivity contribution < 1.29 is 4.79 Å². The van der Waals surface area contributed by atoms with E-state index in [1.54, 1.807) is 0 Å². The Kier molecular flexibility index (Phi) is 3.85. The van der Waals surface area contributed by atoms with Gasteiger partial charge in [-0.2, -0.15) is 0 Å². The van der Waals surface area contributed by atoms with Crippen LogP contribution in [0.3, 0.4) is 0 Å². The summed E-state index contributed by atoms with van der Waals surface area (Å²) in [6, 6.07) is 2.50. The van der Waals surface area contributed by atoms with E-state index in [0.717, 1.165) is 22.9 Å². The number of halogens is 1. The molecule has 0 radical (unpaired) electrons. The van der Waals surface area contributed by atoms with Crippen molar-refractivity contribution in [2.75, 3.05) is 0 Å². The highest BCUT2D eigenvalue weighted by Gasteiger charge is 2.21. The number of aromatic nitrogens is 1. The number of nitrogens with zero attached hydrogens (tertiary/aromatic N) is 1. The monoisotopic (exact) mass is 283 g/mol. The average Bonchev–Trinajstić information content (AvgIpc) is 2.66. The Bertz CT molecular complexity index is 378. The van der Waals surface area contributed by atoms with E-state index in [-0.39, 0.29) is 0 Å². The minimum absolute atomic E-state index is 0.537. The molecule has 0 N–H and O–H groups in total. The number of hydrogen-bond acceptors (Lipinski definition) is 1. The van der Waals surface area contributed by atoms with Gasteiger partial charge in [-0.15, -0.1) is 0 Å². The Balaban J connectivity index is 2.39. The van der Waals surface area contributed by atoms with Gasteiger partial charge in [0.05, 0.1) is 5.69 Å². The van der Waals surface area contributed by atoms with Crippen LogP contribution < -0.4 is 0 Å². The first-order chi connectivity index (χ1) is 7.77. The van der Waals surface area contributed by atoms with E-state index < -0.39 is 0 Å². The minimum atomic E-state index is 0.537. The van der Waals surface area contributed by atoms with Crippen LogP contribution in [0.5, 0.6) is 0 Å². The minimum Gasteiger partial charge on any atom is -0.338 e. The highest BCUT2D eigenvalue weighted by Crippen LogP contribution is 2.33. The van der Waals surface area contributed by atoms with Crippen LogP contribution in [0.2, 0.25) is 0 Å². The van der Waals surface area contributed by atoms with Crippen LogP contribution in [-0.2, 0) is 6.42 Å². The van der Waals surface area contributed by atoms with E-state index in [0.29, 0.717) is 6.04 Å². The lowest BCUT2D eigenvalue weighted by atomic mass is 9.95. The molecular weight excluding hydrogens is 266 g/mol. The van der Waals surface area contributed by atoms with Gasteiger partial charge in [0, 0.05) is 16.2 Å². The zero-order chi connectivity index (χ0) is 11.5. The number of carbonyl (C=O) groups is 1. The van der Waals surface area contributed by atoms with Gasteiger partial charge >= 0.3 is 0 Å². The predicted molar refractivity (Wildman–Crippen MR) is 69.0 cm³/mol. The standard InChI is InChI=1S/C13H18BrNO/c1-2-13-12(14)8-11(9-16)15(13)10-6-4-3-5-7-10/h8-10H,2-7H2,1H3. The molecular formula is C13H18BrNO. The van der Waals surface area contributed by atoms with Crippen molar-refractivity contribution in [3.05, 3.63) is 21.9 Å². The maximum Gasteiger partial charge on any atom is 0.166 e. The molecule has 1 aromatic heterocycles. The maximum atomic E-state index is 11.1. The van der Waals surface area contributed by atoms with Crippen molar-refractivity contribution in [3.8, 4) is 0 Å². The summed E-state index contributed by atoms with van der Waals surface area (Å²) in [5.41, 5.74) is 2.10. The van der Waals surface area contributed by atoms with Crippen LogP contribution in [0.15, 0.2) is 10.5 Å². The molecule has 1 aromatic rings. The van der Waals surface area contributed by atoms with Gasteiger partial charge in [-0.3, -0.25) is 4.79 Å². The summed E-state index contributed by atoms with van der Waals surface area (Å²) < 4.78 is 3.35. The van der Waals surface area contributed by atoms with Gasteiger partial charge in [-0.05, 0) is 41.3 Å². The van der Waals surface area contributed by atoms with Gasteiger partial charge in [0.25, 0.3) is 0 Å². The van der Waals surface area contributed by atoms with Gasteiger partial charge in [-0.1, -0.05) is 26.2 Å². The fraction of sp³-hybridized carbons (Fsp3) is 0.615. The molecule has 1 aliphatic carbocycles. The third kappa shape index (κ3) is 2.10. The fourth-order valence-electron chi connectivity index (χ4n) is 2.75. The molecule has 0 amide bonds. The predicted octanol–water partition coefficient (Wildman–Crippen LogP) is 4.13. The smallest absolute Gasteiger partial charge is 0.166 e. The maximum absolute atomic E-state index is 11.1. The fourth-order valence-corrected chi connectivity index (χ4v) is 3.46. The van der Waals surface area contributed by atoms with Crippen LogP contribution in [0.25, 0.3) is 0 Å². The van der Waals surface area contributed by atoms with E-state index >= 15 is 0 Å². The second kappa shape index (κ2) is 5.17. The molecule has 1 aliphatic rings. The largest absolute Gasteiger partial charge is 0.338 e. The zero-order valence-electron chi connectivity index (χ0n) is 9.71. The molecule has 1 fully saturated rings. The van der Waals surface area contributed by atoms with Crippen molar-refractivity contribution >= 4 is 22.2 Å². The number of aldehydes is 1. The summed E-state index contributed by atoms with van der Waals surface area (Å²) in [5.74, 6) is 0. The van der Waals surface area contributed by atoms with E-state index in [1.807, 2.05) is 6.07 Å². The van der Waals surface area contributed by atoms with Crippen LogP contribution >= 0.6 is 15.9 Å². The van der Waals surface area contributed by atoms with Gasteiger partial charge in [0.1, 0.15) is 0 Å². The van der Waals surface area contributed by atoms with E-state index in [2.05, 4.69) is 27.4 Å². The Morgan fingerprint density at radius 3 is 2.69 bits per heavy atom. The second-order valence-electron chi connectivity index (χ2n) is 4.50. The lowest BCUT2D eigenvalue weighted by Gasteiger charge is -2.26. The Morgan fingerprint density at radius 1 is 1.44 bits per heavy atom. The molecule has 0 bridgehead atoms. The molecule has 0 spiro atoms. The molecule has 1 heterocycles. The highest BCUT2D eigenvalue weighted by atomic mass is 79.9. The summed E-state index contributed by atoms with van der Waals surface area (Å²) >= 11 is 3.56. The quantitative estimate of drug-likeness (QED) is 0.765. The van der Waals surface area contributed by atoms with Crippen LogP contribution in [0, 0.1) is 0 Å². The van der Waals surface area contributed by atoms with Crippen LogP contribution in [0.1, 0.15) is 61.3 Å². The summed E-state index contributed by atoms with van der Waals surface area (Å²) in [6.07, 6.45) is 8.33. The van der Waals surface area contributed by atoms with E-state index in [9.17, 15) is 4.79 Å². The summed E-state index contributed by atoms with van der Waals surface area (Å²) in [5, 5.41) is 0. The first kappa shape index (κ1) is 11.9. The Labute approximate surface area is 105 Å². The molecule has 2 nitrogen and oxygen atoms in total. The Morgan fingerprint density at radius 2 is 2.12 bits per heavy atom. The van der Waals surface area contributed by atoms with Gasteiger partial charge in [-0.25, -0.2) is 0 Å². The molecule has 0 aromatic carbocycles. The van der Waals surface area contributed by atoms with Crippen molar-refractivity contribution in [3.63, 3.8) is 0 Å². The van der Waals surface area contributed by atoms with Gasteiger partial charge < -0.3 is 4.57 Å². The van der Waals surface area contributed by atoms with Crippen LogP contribution in [0.4, 0.5) is 0 Å². The lowest BCUT2D eigenvalue weighted by Crippen LogP contribution is -2.17. The molecule has 0 saturated heterocycles. The average molecular weight is 284 g/mol. The first-order valence-electron chi connectivity index (χ1n) is 6.12. The van der Waals surface area contributed by atoms with Crippen molar-refractivity contribution in [1.82, 2.24) is 4.57 Å². The number of carbonyl (C=O) groups excluding carboxylic acids is 1. The molecule has 1 saturated carbocycles. The zero-order valence-corrected chi connectivity index (χ0v) is 11.3. The van der Waals surface area contributed by atoms with Crippen LogP contribution in [-0.4, -0.2) is 10.9 Å². The second-order valence-corrected chi connectivity index (χ2v) is 5.35. The SMILES string of the molecule is CCc1c(Br)cc(C=O)n1C1CCCCC1. The third-order valence-corrected chi connectivity index (χ3v) is 4.20. The molecule has 0 aliphatic heterocycles. The third-order valence-electron chi connectivity index (χ3n) is 3.51. The molecule has 0 atom stereocenters. The molecule has 2 rings (SSSR count). The molecule has 16 heavy (non-hydrogen) atoms.